The van der Waals surface area contributed by atoms with Crippen molar-refractivity contribution in [1.29, 1.82) is 0 Å². The smallest absolute Gasteiger partial charge is 0.416 e. The maximum atomic E-state index is 12.5. The molecule has 0 aromatic heterocycles. The lowest BCUT2D eigenvalue weighted by Crippen LogP contribution is -2.10. The highest BCUT2D eigenvalue weighted by Crippen LogP contribution is 2.31. The summed E-state index contributed by atoms with van der Waals surface area (Å²) in [5, 5.41) is 19.0. The Morgan fingerprint density at radius 2 is 1.71 bits per heavy atom. The van der Waals surface area contributed by atoms with Crippen molar-refractivity contribution in [2.45, 2.75) is 12.3 Å². The second kappa shape index (κ2) is 6.05. The van der Waals surface area contributed by atoms with Crippen molar-refractivity contribution < 1.29 is 28.1 Å². The summed E-state index contributed by atoms with van der Waals surface area (Å²) in [6.07, 6.45) is -5.44. The van der Waals surface area contributed by atoms with Gasteiger partial charge in [0.25, 0.3) is 0 Å². The lowest BCUT2D eigenvalue weighted by atomic mass is 10.1. The van der Waals surface area contributed by atoms with E-state index < -0.39 is 17.8 Å². The van der Waals surface area contributed by atoms with E-state index in [1.165, 1.54) is 36.4 Å². The monoisotopic (exact) mass is 298 g/mol. The van der Waals surface area contributed by atoms with Crippen LogP contribution in [-0.4, -0.2) is 16.8 Å². The van der Waals surface area contributed by atoms with Crippen molar-refractivity contribution in [2.24, 2.45) is 0 Å². The molecule has 2 N–H and O–H groups in total. The molecule has 2 rings (SSSR count). The van der Waals surface area contributed by atoms with E-state index in [0.29, 0.717) is 5.56 Å². The molecule has 0 amide bonds. The van der Waals surface area contributed by atoms with E-state index in [1.54, 1.807) is 0 Å². The number of aromatic hydroxyl groups is 1. The Hall–Kier alpha value is -2.21. The Morgan fingerprint density at radius 3 is 2.33 bits per heavy atom. The van der Waals surface area contributed by atoms with Gasteiger partial charge in [-0.2, -0.15) is 13.2 Å². The zero-order chi connectivity index (χ0) is 15.5. The molecule has 6 heteroatoms. The van der Waals surface area contributed by atoms with E-state index in [4.69, 9.17) is 9.84 Å². The van der Waals surface area contributed by atoms with Crippen LogP contribution in [-0.2, 0) is 6.18 Å². The number of phenolic OH excluding ortho intramolecular Hbond substituents is 1. The summed E-state index contributed by atoms with van der Waals surface area (Å²) in [6.45, 7) is -0.188. The normalized spacial score (nSPS) is 13.0. The topological polar surface area (TPSA) is 49.7 Å². The van der Waals surface area contributed by atoms with Gasteiger partial charge in [-0.1, -0.05) is 18.2 Å². The SMILES string of the molecule is Oc1ccc(C(O)COc2cccc(C(F)(F)F)c2)cc1. The predicted octanol–water partition coefficient (Wildman–Crippen LogP) is 3.52. The second-order valence-corrected chi connectivity index (χ2v) is 4.44. The number of hydrogen-bond donors (Lipinski definition) is 2. The molecule has 1 atom stereocenters. The lowest BCUT2D eigenvalue weighted by molar-refractivity contribution is -0.137. The average molecular weight is 298 g/mol. The van der Waals surface area contributed by atoms with E-state index in [2.05, 4.69) is 0 Å². The van der Waals surface area contributed by atoms with E-state index in [9.17, 15) is 18.3 Å². The van der Waals surface area contributed by atoms with Crippen molar-refractivity contribution in [3.63, 3.8) is 0 Å². The molecule has 0 bridgehead atoms. The maximum Gasteiger partial charge on any atom is 0.416 e. The van der Waals surface area contributed by atoms with Crippen LogP contribution in [0.2, 0.25) is 0 Å². The van der Waals surface area contributed by atoms with E-state index in [1.807, 2.05) is 0 Å². The minimum absolute atomic E-state index is 0.0302. The number of benzene rings is 2. The number of ether oxygens (including phenoxy) is 1. The number of aliphatic hydroxyl groups excluding tert-OH is 1. The fraction of sp³-hybridized carbons (Fsp3) is 0.200. The Balaban J connectivity index is 2.01. The molecule has 0 fully saturated rings. The third-order valence-corrected chi connectivity index (χ3v) is 2.85. The number of rotatable bonds is 4. The number of alkyl halides is 3. The molecule has 0 radical (unpaired) electrons. The van der Waals surface area contributed by atoms with Crippen LogP contribution in [0.3, 0.4) is 0 Å². The molecule has 0 saturated heterocycles. The Labute approximate surface area is 119 Å². The zero-order valence-electron chi connectivity index (χ0n) is 10.8. The number of aliphatic hydroxyl groups is 1. The summed E-state index contributed by atoms with van der Waals surface area (Å²) in [5.41, 5.74) is -0.307. The molecule has 2 aromatic rings. The van der Waals surface area contributed by atoms with Crippen LogP contribution in [0.4, 0.5) is 13.2 Å². The fourth-order valence-electron chi connectivity index (χ4n) is 1.73. The molecule has 0 saturated carbocycles. The van der Waals surface area contributed by atoms with Crippen LogP contribution in [0, 0.1) is 0 Å². The first kappa shape index (κ1) is 15.2. The van der Waals surface area contributed by atoms with E-state index in [-0.39, 0.29) is 18.1 Å². The molecule has 0 heterocycles. The summed E-state index contributed by atoms with van der Waals surface area (Å²) in [7, 11) is 0. The number of halogens is 3. The lowest BCUT2D eigenvalue weighted by Gasteiger charge is -2.14. The fourth-order valence-corrected chi connectivity index (χ4v) is 1.73. The Morgan fingerprint density at radius 1 is 1.05 bits per heavy atom. The number of phenols is 1. The van der Waals surface area contributed by atoms with Crippen molar-refractivity contribution in [1.82, 2.24) is 0 Å². The van der Waals surface area contributed by atoms with Gasteiger partial charge in [0.1, 0.15) is 24.2 Å². The number of hydrogen-bond acceptors (Lipinski definition) is 3. The molecule has 2 aromatic carbocycles. The highest BCUT2D eigenvalue weighted by Gasteiger charge is 2.30. The van der Waals surface area contributed by atoms with Crippen molar-refractivity contribution in [3.8, 4) is 11.5 Å². The predicted molar refractivity (Wildman–Crippen MR) is 70.0 cm³/mol. The van der Waals surface area contributed by atoms with Gasteiger partial charge in [-0.3, -0.25) is 0 Å². The van der Waals surface area contributed by atoms with Gasteiger partial charge in [-0.05, 0) is 35.9 Å². The van der Waals surface area contributed by atoms with Crippen molar-refractivity contribution >= 4 is 0 Å². The van der Waals surface area contributed by atoms with Gasteiger partial charge in [0, 0.05) is 0 Å². The standard InChI is InChI=1S/C15H13F3O3/c16-15(17,18)11-2-1-3-13(8-11)21-9-14(20)10-4-6-12(19)7-5-10/h1-8,14,19-20H,9H2. The van der Waals surface area contributed by atoms with Gasteiger partial charge < -0.3 is 14.9 Å². The largest absolute Gasteiger partial charge is 0.508 e. The minimum atomic E-state index is -4.44. The van der Waals surface area contributed by atoms with Crippen molar-refractivity contribution in [3.05, 3.63) is 59.7 Å². The minimum Gasteiger partial charge on any atom is -0.508 e. The van der Waals surface area contributed by atoms with Gasteiger partial charge in [0.2, 0.25) is 0 Å². The highest BCUT2D eigenvalue weighted by atomic mass is 19.4. The molecular formula is C15H13F3O3. The molecule has 21 heavy (non-hydrogen) atoms. The van der Waals surface area contributed by atoms with Crippen LogP contribution in [0.25, 0.3) is 0 Å². The first-order chi connectivity index (χ1) is 9.86. The molecule has 1 unspecified atom stereocenters. The third kappa shape index (κ3) is 4.13. The zero-order valence-corrected chi connectivity index (χ0v) is 10.8. The first-order valence-corrected chi connectivity index (χ1v) is 6.13. The van der Waals surface area contributed by atoms with Crippen LogP contribution in [0.1, 0.15) is 17.2 Å². The van der Waals surface area contributed by atoms with Gasteiger partial charge in [-0.25, -0.2) is 0 Å². The van der Waals surface area contributed by atoms with Crippen LogP contribution < -0.4 is 4.74 Å². The highest BCUT2D eigenvalue weighted by molar-refractivity contribution is 5.31. The Bertz CT molecular complexity index is 594. The molecule has 0 aliphatic heterocycles. The van der Waals surface area contributed by atoms with Crippen LogP contribution in [0.5, 0.6) is 11.5 Å². The Kier molecular flexibility index (Phi) is 4.37. The molecule has 112 valence electrons. The molecule has 0 spiro atoms. The molecule has 0 aliphatic carbocycles. The van der Waals surface area contributed by atoms with Gasteiger partial charge in [0.05, 0.1) is 5.56 Å². The third-order valence-electron chi connectivity index (χ3n) is 2.85. The molecule has 3 nitrogen and oxygen atoms in total. The quantitative estimate of drug-likeness (QED) is 0.908. The van der Waals surface area contributed by atoms with Crippen LogP contribution >= 0.6 is 0 Å². The molecular weight excluding hydrogens is 285 g/mol. The van der Waals surface area contributed by atoms with Crippen molar-refractivity contribution in [2.75, 3.05) is 6.61 Å². The summed E-state index contributed by atoms with van der Waals surface area (Å²) in [4.78, 5) is 0. The van der Waals surface area contributed by atoms with E-state index >= 15 is 0 Å². The van der Waals surface area contributed by atoms with Gasteiger partial charge in [-0.15, -0.1) is 0 Å². The molecule has 0 aliphatic rings. The maximum absolute atomic E-state index is 12.5. The van der Waals surface area contributed by atoms with E-state index in [0.717, 1.165) is 12.1 Å². The summed E-state index contributed by atoms with van der Waals surface area (Å²) >= 11 is 0. The summed E-state index contributed by atoms with van der Waals surface area (Å²) < 4.78 is 42.8. The summed E-state index contributed by atoms with van der Waals surface area (Å²) in [6, 6.07) is 10.3. The van der Waals surface area contributed by atoms with Crippen LogP contribution in [0.15, 0.2) is 48.5 Å². The summed E-state index contributed by atoms with van der Waals surface area (Å²) in [5.74, 6) is 0.0902. The van der Waals surface area contributed by atoms with Gasteiger partial charge in [0.15, 0.2) is 0 Å². The first-order valence-electron chi connectivity index (χ1n) is 6.13. The second-order valence-electron chi connectivity index (χ2n) is 4.44. The van der Waals surface area contributed by atoms with Gasteiger partial charge >= 0.3 is 6.18 Å². The average Bonchev–Trinajstić information content (AvgIpc) is 2.45.